The van der Waals surface area contributed by atoms with E-state index in [1.165, 1.54) is 12.1 Å². The molecule has 1 atom stereocenters. The number of aromatic amines is 1. The quantitative estimate of drug-likeness (QED) is 0.713. The highest BCUT2D eigenvalue weighted by molar-refractivity contribution is 5.94. The maximum absolute atomic E-state index is 13.2. The molecule has 6 nitrogen and oxygen atoms in total. The van der Waals surface area contributed by atoms with Crippen molar-refractivity contribution in [2.24, 2.45) is 0 Å². The molecule has 1 aliphatic heterocycles. The van der Waals surface area contributed by atoms with Crippen molar-refractivity contribution in [3.63, 3.8) is 0 Å². The zero-order chi connectivity index (χ0) is 19.3. The van der Waals surface area contributed by atoms with Crippen molar-refractivity contribution in [3.05, 3.63) is 77.6 Å². The fourth-order valence-corrected chi connectivity index (χ4v) is 3.41. The van der Waals surface area contributed by atoms with Gasteiger partial charge in [0, 0.05) is 49.6 Å². The number of hydrogen-bond donors (Lipinski definition) is 1. The first-order chi connectivity index (χ1) is 13.7. The summed E-state index contributed by atoms with van der Waals surface area (Å²) < 4.78 is 18.7. The number of carbonyl (C=O) groups is 1. The first-order valence-corrected chi connectivity index (χ1v) is 9.31. The lowest BCUT2D eigenvalue weighted by Crippen LogP contribution is -2.28. The Morgan fingerprint density at radius 2 is 2.21 bits per heavy atom. The number of benzene rings is 1. The van der Waals surface area contributed by atoms with Gasteiger partial charge in [0.1, 0.15) is 11.6 Å². The van der Waals surface area contributed by atoms with Crippen LogP contribution in [0.25, 0.3) is 0 Å². The van der Waals surface area contributed by atoms with Gasteiger partial charge < -0.3 is 9.64 Å². The number of hydrogen-bond acceptors (Lipinski definition) is 4. The van der Waals surface area contributed by atoms with Gasteiger partial charge in [-0.1, -0.05) is 6.07 Å². The number of carbonyl (C=O) groups excluding carboxylic acids is 1. The molecule has 0 radical (unpaired) electrons. The van der Waals surface area contributed by atoms with Crippen LogP contribution in [-0.4, -0.2) is 45.7 Å². The molecule has 1 fully saturated rings. The smallest absolute Gasteiger partial charge is 0.255 e. The fraction of sp³-hybridized carbons (Fsp3) is 0.286. The van der Waals surface area contributed by atoms with Crippen LogP contribution in [0.2, 0.25) is 0 Å². The lowest BCUT2D eigenvalue weighted by Gasteiger charge is -2.15. The number of pyridine rings is 1. The molecule has 0 saturated carbocycles. The van der Waals surface area contributed by atoms with Crippen LogP contribution in [0.5, 0.6) is 5.75 Å². The molecule has 4 rings (SSSR count). The lowest BCUT2D eigenvalue weighted by molar-refractivity contribution is 0.0790. The molecule has 0 aliphatic carbocycles. The number of rotatable bonds is 6. The number of halogens is 1. The molecule has 2 aromatic heterocycles. The van der Waals surface area contributed by atoms with Crippen LogP contribution >= 0.6 is 0 Å². The molecule has 144 valence electrons. The average molecular weight is 380 g/mol. The summed E-state index contributed by atoms with van der Waals surface area (Å²) in [7, 11) is 0. The molecular formula is C21H21FN4O2. The standard InChI is InChI=1S/C21H21FN4O2/c22-17-4-1-5-19(11-17)28-10-7-18-12-20(25-24-18)16-6-9-26(14-16)21(27)15-3-2-8-23-13-15/h1-5,8,11-13,16H,6-7,9-10,14H2,(H,24,25)/t16-/m0/s1. The summed E-state index contributed by atoms with van der Waals surface area (Å²) in [6.07, 6.45) is 4.79. The molecule has 3 aromatic rings. The van der Waals surface area contributed by atoms with Gasteiger partial charge in [-0.15, -0.1) is 0 Å². The van der Waals surface area contributed by atoms with Crippen molar-refractivity contribution in [1.82, 2.24) is 20.1 Å². The Balaban J connectivity index is 1.30. The molecule has 0 spiro atoms. The highest BCUT2D eigenvalue weighted by Gasteiger charge is 2.29. The highest BCUT2D eigenvalue weighted by atomic mass is 19.1. The van der Waals surface area contributed by atoms with E-state index < -0.39 is 0 Å². The molecule has 1 saturated heterocycles. The minimum absolute atomic E-state index is 0.00912. The number of nitrogens with zero attached hydrogens (tertiary/aromatic N) is 3. The van der Waals surface area contributed by atoms with Crippen LogP contribution in [0.1, 0.15) is 34.1 Å². The Kier molecular flexibility index (Phi) is 5.32. The van der Waals surface area contributed by atoms with Crippen LogP contribution < -0.4 is 4.74 Å². The van der Waals surface area contributed by atoms with Gasteiger partial charge in [0.25, 0.3) is 5.91 Å². The average Bonchev–Trinajstić information content (AvgIpc) is 3.38. The van der Waals surface area contributed by atoms with Gasteiger partial charge in [-0.05, 0) is 36.8 Å². The summed E-state index contributed by atoms with van der Waals surface area (Å²) >= 11 is 0. The zero-order valence-electron chi connectivity index (χ0n) is 15.3. The van der Waals surface area contributed by atoms with Crippen molar-refractivity contribution in [2.75, 3.05) is 19.7 Å². The van der Waals surface area contributed by atoms with Gasteiger partial charge in [-0.3, -0.25) is 14.9 Å². The van der Waals surface area contributed by atoms with Crippen molar-refractivity contribution in [3.8, 4) is 5.75 Å². The number of H-pyrrole nitrogens is 1. The Morgan fingerprint density at radius 1 is 1.29 bits per heavy atom. The molecule has 0 unspecified atom stereocenters. The summed E-state index contributed by atoms with van der Waals surface area (Å²) in [5.74, 6) is 0.428. The van der Waals surface area contributed by atoms with Gasteiger partial charge in [0.05, 0.1) is 17.9 Å². The minimum Gasteiger partial charge on any atom is -0.493 e. The van der Waals surface area contributed by atoms with Crippen LogP contribution in [0.4, 0.5) is 4.39 Å². The van der Waals surface area contributed by atoms with Crippen LogP contribution in [0.15, 0.2) is 54.9 Å². The van der Waals surface area contributed by atoms with E-state index >= 15 is 0 Å². The van der Waals surface area contributed by atoms with Gasteiger partial charge in [-0.25, -0.2) is 4.39 Å². The highest BCUT2D eigenvalue weighted by Crippen LogP contribution is 2.27. The van der Waals surface area contributed by atoms with Crippen LogP contribution in [-0.2, 0) is 6.42 Å². The monoisotopic (exact) mass is 380 g/mol. The molecule has 28 heavy (non-hydrogen) atoms. The molecular weight excluding hydrogens is 359 g/mol. The molecule has 7 heteroatoms. The van der Waals surface area contributed by atoms with E-state index in [4.69, 9.17) is 4.74 Å². The van der Waals surface area contributed by atoms with E-state index in [-0.39, 0.29) is 17.6 Å². The normalized spacial score (nSPS) is 16.3. The van der Waals surface area contributed by atoms with E-state index in [2.05, 4.69) is 15.2 Å². The molecule has 1 amide bonds. The number of likely N-dealkylation sites (tertiary alicyclic amines) is 1. The molecule has 1 aliphatic rings. The third-order valence-electron chi connectivity index (χ3n) is 4.89. The second-order valence-corrected chi connectivity index (χ2v) is 6.85. The van der Waals surface area contributed by atoms with Crippen LogP contribution in [0.3, 0.4) is 0 Å². The zero-order valence-corrected chi connectivity index (χ0v) is 15.3. The second-order valence-electron chi connectivity index (χ2n) is 6.85. The minimum atomic E-state index is -0.312. The third-order valence-corrected chi connectivity index (χ3v) is 4.89. The maximum atomic E-state index is 13.2. The van der Waals surface area contributed by atoms with E-state index in [1.807, 2.05) is 11.0 Å². The largest absolute Gasteiger partial charge is 0.493 e. The van der Waals surface area contributed by atoms with Crippen molar-refractivity contribution >= 4 is 5.91 Å². The summed E-state index contributed by atoms with van der Waals surface area (Å²) in [6, 6.07) is 11.7. The van der Waals surface area contributed by atoms with E-state index in [9.17, 15) is 9.18 Å². The first kappa shape index (κ1) is 18.2. The van der Waals surface area contributed by atoms with Gasteiger partial charge in [0.15, 0.2) is 0 Å². The predicted molar refractivity (Wildman–Crippen MR) is 102 cm³/mol. The molecule has 0 bridgehead atoms. The van der Waals surface area contributed by atoms with Gasteiger partial charge in [-0.2, -0.15) is 5.10 Å². The summed E-state index contributed by atoms with van der Waals surface area (Å²) in [6.45, 7) is 1.79. The van der Waals surface area contributed by atoms with Crippen molar-refractivity contribution in [1.29, 1.82) is 0 Å². The third kappa shape index (κ3) is 4.19. The summed E-state index contributed by atoms with van der Waals surface area (Å²) in [5, 5.41) is 7.45. The first-order valence-electron chi connectivity index (χ1n) is 9.31. The SMILES string of the molecule is O=C(c1cccnc1)N1CC[C@H](c2cc(CCOc3cccc(F)c3)[nH]n2)C1. The number of ether oxygens (including phenoxy) is 1. The Hall–Kier alpha value is -3.22. The number of aromatic nitrogens is 3. The van der Waals surface area contributed by atoms with Crippen molar-refractivity contribution in [2.45, 2.75) is 18.8 Å². The van der Waals surface area contributed by atoms with Crippen LogP contribution in [0, 0.1) is 5.82 Å². The van der Waals surface area contributed by atoms with Gasteiger partial charge >= 0.3 is 0 Å². The van der Waals surface area contributed by atoms with Crippen molar-refractivity contribution < 1.29 is 13.9 Å². The van der Waals surface area contributed by atoms with Gasteiger partial charge in [0.2, 0.25) is 0 Å². The van der Waals surface area contributed by atoms with E-state index in [0.717, 1.165) is 17.8 Å². The Labute approximate surface area is 162 Å². The number of nitrogens with one attached hydrogen (secondary N) is 1. The van der Waals surface area contributed by atoms with E-state index in [0.29, 0.717) is 37.4 Å². The Bertz CT molecular complexity index is 944. The topological polar surface area (TPSA) is 71.1 Å². The number of amides is 1. The predicted octanol–water partition coefficient (Wildman–Crippen LogP) is 3.20. The summed E-state index contributed by atoms with van der Waals surface area (Å²) in [4.78, 5) is 18.4. The Morgan fingerprint density at radius 3 is 3.04 bits per heavy atom. The maximum Gasteiger partial charge on any atom is 0.255 e. The van der Waals surface area contributed by atoms with E-state index in [1.54, 1.807) is 36.7 Å². The summed E-state index contributed by atoms with van der Waals surface area (Å²) in [5.41, 5.74) is 2.53. The molecule has 3 heterocycles. The molecule has 1 aromatic carbocycles. The second kappa shape index (κ2) is 8.21. The lowest BCUT2D eigenvalue weighted by atomic mass is 10.0. The fourth-order valence-electron chi connectivity index (χ4n) is 3.41. The molecule has 1 N–H and O–H groups in total.